The molecule has 0 saturated heterocycles. The molecule has 0 spiro atoms. The van der Waals surface area contributed by atoms with Crippen molar-refractivity contribution in [1.29, 1.82) is 0 Å². The van der Waals surface area contributed by atoms with E-state index in [4.69, 9.17) is 24.1 Å². The maximum Gasteiger partial charge on any atom is 0.326 e. The summed E-state index contributed by atoms with van der Waals surface area (Å²) < 4.78 is 31.9. The molecular weight excluding hydrogens is 561 g/mol. The quantitative estimate of drug-likeness (QED) is 0.108. The second-order valence-corrected chi connectivity index (χ2v) is 8.62. The summed E-state index contributed by atoms with van der Waals surface area (Å²) in [5.41, 5.74) is 0. The Morgan fingerprint density at radius 3 is 1.83 bits per heavy atom. The van der Waals surface area contributed by atoms with E-state index in [0.717, 1.165) is 4.90 Å². The Balaban J connectivity index is 0.00000393. The first-order valence-electron chi connectivity index (χ1n) is 13.5. The van der Waals surface area contributed by atoms with Crippen LogP contribution in [0.2, 0.25) is 0 Å². The molecule has 3 N–H and O–H groups in total. The third-order valence-corrected chi connectivity index (χ3v) is 5.17. The summed E-state index contributed by atoms with van der Waals surface area (Å²) in [5.74, 6) is -2.91. The number of hydrogen-bond donors (Lipinski definition) is 3. The number of nitrogens with one attached hydrogen (secondary N) is 2. The summed E-state index contributed by atoms with van der Waals surface area (Å²) in [5, 5.41) is 14.1. The molecule has 1 aliphatic heterocycles. The van der Waals surface area contributed by atoms with E-state index in [-0.39, 0.29) is 57.1 Å². The molecule has 0 aliphatic carbocycles. The Hall–Kier alpha value is -3.53. The molecule has 238 valence electrons. The molecular formula is C27H42FN3O11. The van der Waals surface area contributed by atoms with Gasteiger partial charge in [-0.1, -0.05) is 6.08 Å². The van der Waals surface area contributed by atoms with Gasteiger partial charge in [-0.05, 0) is 20.3 Å². The molecule has 42 heavy (non-hydrogen) atoms. The first-order chi connectivity index (χ1) is 20.1. The van der Waals surface area contributed by atoms with Gasteiger partial charge >= 0.3 is 5.97 Å². The Bertz CT molecular complexity index is 890. The van der Waals surface area contributed by atoms with Crippen LogP contribution in [0.4, 0.5) is 4.39 Å². The lowest BCUT2D eigenvalue weighted by atomic mass is 10.1. The van der Waals surface area contributed by atoms with Gasteiger partial charge in [0, 0.05) is 44.5 Å². The van der Waals surface area contributed by atoms with Gasteiger partial charge in [-0.15, -0.1) is 0 Å². The van der Waals surface area contributed by atoms with E-state index < -0.39 is 29.7 Å². The summed E-state index contributed by atoms with van der Waals surface area (Å²) in [4.78, 5) is 69.4. The third-order valence-electron chi connectivity index (χ3n) is 5.17. The maximum atomic E-state index is 11.8. The Kier molecular flexibility index (Phi) is 23.1. The summed E-state index contributed by atoms with van der Waals surface area (Å²) in [6.45, 7) is 5.65. The second kappa shape index (κ2) is 25.2. The molecule has 14 nitrogen and oxygen atoms in total. The number of imide groups is 1. The largest absolute Gasteiger partial charge is 0.480 e. The number of amides is 4. The van der Waals surface area contributed by atoms with Crippen LogP contribution in [0.25, 0.3) is 0 Å². The van der Waals surface area contributed by atoms with Crippen LogP contribution in [0, 0.1) is 0 Å². The van der Waals surface area contributed by atoms with Crippen molar-refractivity contribution in [3.8, 4) is 0 Å². The first kappa shape index (κ1) is 38.5. The minimum Gasteiger partial charge on any atom is -0.480 e. The number of aliphatic carboxylic acids is 1. The number of carboxylic acids is 1. The number of nitrogens with zero attached hydrogens (tertiary/aromatic N) is 1. The van der Waals surface area contributed by atoms with Gasteiger partial charge in [0.15, 0.2) is 0 Å². The summed E-state index contributed by atoms with van der Waals surface area (Å²) in [6.07, 6.45) is 4.33. The van der Waals surface area contributed by atoms with Crippen molar-refractivity contribution < 1.29 is 57.2 Å². The van der Waals surface area contributed by atoms with Gasteiger partial charge in [0.2, 0.25) is 11.8 Å². The van der Waals surface area contributed by atoms with E-state index in [1.807, 2.05) is 0 Å². The van der Waals surface area contributed by atoms with E-state index in [1.54, 1.807) is 6.92 Å². The number of ketones is 1. The molecule has 1 rings (SSSR count). The van der Waals surface area contributed by atoms with Crippen LogP contribution in [0.1, 0.15) is 39.5 Å². The van der Waals surface area contributed by atoms with Gasteiger partial charge in [0.05, 0.1) is 59.2 Å². The molecule has 1 atom stereocenters. The van der Waals surface area contributed by atoms with Gasteiger partial charge < -0.3 is 39.5 Å². The van der Waals surface area contributed by atoms with E-state index in [2.05, 4.69) is 10.6 Å². The van der Waals surface area contributed by atoms with E-state index in [0.29, 0.717) is 52.5 Å². The lowest BCUT2D eigenvalue weighted by molar-refractivity contribution is -0.142. The molecule has 0 aromatic carbocycles. The number of carbonyl (C=O) groups excluding carboxylic acids is 5. The van der Waals surface area contributed by atoms with Crippen molar-refractivity contribution in [3.05, 3.63) is 24.6 Å². The van der Waals surface area contributed by atoms with Gasteiger partial charge in [-0.3, -0.25) is 24.1 Å². The molecule has 0 unspecified atom stereocenters. The number of allylic oxidation sites excluding steroid dienone is 1. The van der Waals surface area contributed by atoms with Crippen LogP contribution >= 0.6 is 0 Å². The van der Waals surface area contributed by atoms with Crippen molar-refractivity contribution >= 4 is 35.4 Å². The van der Waals surface area contributed by atoms with Crippen LogP contribution in [0.15, 0.2) is 24.6 Å². The molecule has 1 heterocycles. The minimum atomic E-state index is -1.19. The highest BCUT2D eigenvalue weighted by Crippen LogP contribution is 2.04. The second-order valence-electron chi connectivity index (χ2n) is 8.62. The molecule has 4 amide bonds. The molecule has 0 radical (unpaired) electrons. The van der Waals surface area contributed by atoms with Gasteiger partial charge in [-0.25, -0.2) is 9.18 Å². The smallest absolute Gasteiger partial charge is 0.326 e. The van der Waals surface area contributed by atoms with E-state index in [1.165, 1.54) is 25.2 Å². The number of Topliss-reactive ketones (excluding diaryl/α,β-unsaturated/α-hetero) is 1. The molecule has 0 aromatic rings. The first-order valence-corrected chi connectivity index (χ1v) is 13.5. The summed E-state index contributed by atoms with van der Waals surface area (Å²) >= 11 is 0. The molecule has 0 aromatic heterocycles. The van der Waals surface area contributed by atoms with Crippen LogP contribution in [0.5, 0.6) is 0 Å². The fraction of sp³-hybridized carbons (Fsp3) is 0.630. The highest BCUT2D eigenvalue weighted by molar-refractivity contribution is 6.13. The van der Waals surface area contributed by atoms with Crippen LogP contribution < -0.4 is 10.6 Å². The van der Waals surface area contributed by atoms with Crippen molar-refractivity contribution in [2.75, 3.05) is 65.9 Å². The van der Waals surface area contributed by atoms with Gasteiger partial charge in [-0.2, -0.15) is 0 Å². The lowest BCUT2D eigenvalue weighted by Gasteiger charge is -2.13. The van der Waals surface area contributed by atoms with Crippen molar-refractivity contribution in [1.82, 2.24) is 15.5 Å². The predicted octanol–water partition coefficient (Wildman–Crippen LogP) is 0.302. The van der Waals surface area contributed by atoms with Gasteiger partial charge in [0.1, 0.15) is 11.8 Å². The predicted molar refractivity (Wildman–Crippen MR) is 147 cm³/mol. The summed E-state index contributed by atoms with van der Waals surface area (Å²) in [6, 6.07) is -1.10. The van der Waals surface area contributed by atoms with Crippen LogP contribution in [-0.4, -0.2) is 117 Å². The van der Waals surface area contributed by atoms with Crippen LogP contribution in [-0.2, 0) is 47.7 Å². The number of carboxylic acid groups (broad SMARTS) is 1. The fourth-order valence-electron chi connectivity index (χ4n) is 3.01. The number of ether oxygens (including phenoxy) is 4. The Morgan fingerprint density at radius 1 is 0.857 bits per heavy atom. The van der Waals surface area contributed by atoms with Crippen molar-refractivity contribution in [3.63, 3.8) is 0 Å². The highest BCUT2D eigenvalue weighted by Gasteiger charge is 2.23. The van der Waals surface area contributed by atoms with E-state index >= 15 is 0 Å². The molecule has 15 heteroatoms. The Labute approximate surface area is 244 Å². The molecule has 1 aliphatic rings. The normalized spacial score (nSPS) is 13.2. The molecule has 0 fully saturated rings. The standard InChI is InChI=1S/C24H37N3O11.C3H5F/c1-18(28)2-3-19(24(33)34)26-21(30)7-10-35-12-14-37-16-17-38-15-13-36-11-8-25-20(29)6-9-27-22(31)4-5-23(27)32;1-2-3-4/h4-5,19H,2-3,6-17H2,1H3,(H,25,29)(H,26,30)(H,33,34);2-3H,1H3/b;3-2+/t19-;/m0./s1. The zero-order valence-corrected chi connectivity index (χ0v) is 24.1. The topological polar surface area (TPSA) is 187 Å². The monoisotopic (exact) mass is 603 g/mol. The maximum absolute atomic E-state index is 11.8. The van der Waals surface area contributed by atoms with Crippen molar-refractivity contribution in [2.24, 2.45) is 0 Å². The van der Waals surface area contributed by atoms with Crippen molar-refractivity contribution in [2.45, 2.75) is 45.6 Å². The number of carbonyl (C=O) groups is 6. The Morgan fingerprint density at radius 2 is 1.36 bits per heavy atom. The van der Waals surface area contributed by atoms with Gasteiger partial charge in [0.25, 0.3) is 11.8 Å². The molecule has 0 bridgehead atoms. The zero-order chi connectivity index (χ0) is 31.6. The van der Waals surface area contributed by atoms with Crippen LogP contribution in [0.3, 0.4) is 0 Å². The highest BCUT2D eigenvalue weighted by atomic mass is 19.1. The number of halogens is 1. The average molecular weight is 604 g/mol. The molecule has 0 saturated carbocycles. The number of hydrogen-bond acceptors (Lipinski definition) is 10. The zero-order valence-electron chi connectivity index (χ0n) is 24.1. The summed E-state index contributed by atoms with van der Waals surface area (Å²) in [7, 11) is 0. The van der Waals surface area contributed by atoms with E-state index in [9.17, 15) is 33.2 Å². The third kappa shape index (κ3) is 21.2. The minimum absolute atomic E-state index is 0.00498. The fourth-order valence-corrected chi connectivity index (χ4v) is 3.01. The average Bonchev–Trinajstić information content (AvgIpc) is 3.28. The lowest BCUT2D eigenvalue weighted by Crippen LogP contribution is -2.41. The SMILES string of the molecule is C/C=C/F.CC(=O)CC[C@H](NC(=O)CCOCCOCCOCCOCCNC(=O)CCN1C(=O)C=CC1=O)C(=O)O. The number of rotatable bonds is 23.